The molecule has 31 heavy (non-hydrogen) atoms. The lowest BCUT2D eigenvalue weighted by Crippen LogP contribution is -2.53. The van der Waals surface area contributed by atoms with Gasteiger partial charge in [0.25, 0.3) is 0 Å². The van der Waals surface area contributed by atoms with E-state index in [1.165, 1.54) is 0 Å². The van der Waals surface area contributed by atoms with Crippen LogP contribution in [0.3, 0.4) is 0 Å². The zero-order chi connectivity index (χ0) is 21.9. The highest BCUT2D eigenvalue weighted by Gasteiger charge is 2.20. The molecule has 9 nitrogen and oxygen atoms in total. The van der Waals surface area contributed by atoms with Gasteiger partial charge in [0.15, 0.2) is 11.8 Å². The largest absolute Gasteiger partial charge is 0.492 e. The standard InChI is InChI=1S/C22H35N7O2/c1-19-25-26-21(27(19)2)18-24-22(23-10-7-16-30-3)29-13-11-28(12-14-29)15-17-31-20-8-5-4-6-9-20/h4-6,8-9H,7,10-18H2,1-3H3,(H,23,24). The van der Waals surface area contributed by atoms with Crippen LogP contribution in [0.5, 0.6) is 5.75 Å². The first-order chi connectivity index (χ1) is 15.2. The Morgan fingerprint density at radius 2 is 1.87 bits per heavy atom. The second-order valence-corrected chi connectivity index (χ2v) is 7.63. The number of nitrogens with one attached hydrogen (secondary N) is 1. The summed E-state index contributed by atoms with van der Waals surface area (Å²) >= 11 is 0. The molecule has 1 aliphatic rings. The summed E-state index contributed by atoms with van der Waals surface area (Å²) in [5.41, 5.74) is 0. The Bertz CT molecular complexity index is 801. The Labute approximate surface area is 185 Å². The quantitative estimate of drug-likeness (QED) is 0.346. The summed E-state index contributed by atoms with van der Waals surface area (Å²) in [5, 5.41) is 11.9. The summed E-state index contributed by atoms with van der Waals surface area (Å²) in [6, 6.07) is 9.98. The van der Waals surface area contributed by atoms with Crippen molar-refractivity contribution in [2.75, 3.05) is 59.6 Å². The Morgan fingerprint density at radius 3 is 2.55 bits per heavy atom. The lowest BCUT2D eigenvalue weighted by molar-refractivity contribution is 0.151. The van der Waals surface area contributed by atoms with Gasteiger partial charge in [0, 0.05) is 60.0 Å². The van der Waals surface area contributed by atoms with E-state index in [9.17, 15) is 0 Å². The highest BCUT2D eigenvalue weighted by molar-refractivity contribution is 5.80. The molecule has 2 heterocycles. The van der Waals surface area contributed by atoms with E-state index in [1.54, 1.807) is 7.11 Å². The summed E-state index contributed by atoms with van der Waals surface area (Å²) in [4.78, 5) is 9.60. The number of aromatic nitrogens is 3. The molecule has 170 valence electrons. The molecule has 1 N–H and O–H groups in total. The predicted molar refractivity (Wildman–Crippen MR) is 121 cm³/mol. The maximum absolute atomic E-state index is 5.84. The number of aryl methyl sites for hydroxylation is 1. The van der Waals surface area contributed by atoms with Crippen molar-refractivity contribution in [2.45, 2.75) is 19.9 Å². The van der Waals surface area contributed by atoms with Crippen molar-refractivity contribution < 1.29 is 9.47 Å². The second kappa shape index (κ2) is 12.3. The lowest BCUT2D eigenvalue weighted by atomic mass is 10.3. The molecule has 0 radical (unpaired) electrons. The minimum absolute atomic E-state index is 0.509. The van der Waals surface area contributed by atoms with E-state index in [1.807, 2.05) is 48.9 Å². The van der Waals surface area contributed by atoms with Crippen molar-refractivity contribution >= 4 is 5.96 Å². The van der Waals surface area contributed by atoms with Crippen molar-refractivity contribution in [1.29, 1.82) is 0 Å². The van der Waals surface area contributed by atoms with Gasteiger partial charge in [-0.15, -0.1) is 10.2 Å². The number of guanidine groups is 1. The Balaban J connectivity index is 1.49. The number of rotatable bonds is 10. The molecule has 1 aliphatic heterocycles. The molecule has 0 aliphatic carbocycles. The van der Waals surface area contributed by atoms with E-state index in [0.29, 0.717) is 13.2 Å². The Morgan fingerprint density at radius 1 is 1.10 bits per heavy atom. The molecule has 0 amide bonds. The van der Waals surface area contributed by atoms with E-state index < -0.39 is 0 Å². The summed E-state index contributed by atoms with van der Waals surface area (Å²) in [5.74, 6) is 3.61. The van der Waals surface area contributed by atoms with Gasteiger partial charge in [-0.25, -0.2) is 4.99 Å². The SMILES string of the molecule is COCCCNC(=NCc1nnc(C)n1C)N1CCN(CCOc2ccccc2)CC1. The topological polar surface area (TPSA) is 80.0 Å². The minimum Gasteiger partial charge on any atom is -0.492 e. The molecule has 0 atom stereocenters. The average Bonchev–Trinajstić information content (AvgIpc) is 3.12. The number of aliphatic imine (C=N–C) groups is 1. The lowest BCUT2D eigenvalue weighted by Gasteiger charge is -2.36. The normalized spacial score (nSPS) is 15.3. The molecule has 1 aromatic heterocycles. The Kier molecular flexibility index (Phi) is 9.11. The van der Waals surface area contributed by atoms with Crippen LogP contribution in [-0.2, 0) is 18.3 Å². The van der Waals surface area contributed by atoms with Crippen LogP contribution < -0.4 is 10.1 Å². The molecule has 1 saturated heterocycles. The summed E-state index contributed by atoms with van der Waals surface area (Å²) < 4.78 is 13.0. The van der Waals surface area contributed by atoms with Gasteiger partial charge in [-0.05, 0) is 25.5 Å². The molecular weight excluding hydrogens is 394 g/mol. The zero-order valence-electron chi connectivity index (χ0n) is 19.0. The first-order valence-corrected chi connectivity index (χ1v) is 10.9. The van der Waals surface area contributed by atoms with E-state index in [2.05, 4.69) is 25.3 Å². The number of benzene rings is 1. The van der Waals surface area contributed by atoms with Crippen molar-refractivity contribution in [3.05, 3.63) is 42.0 Å². The molecule has 0 saturated carbocycles. The monoisotopic (exact) mass is 429 g/mol. The van der Waals surface area contributed by atoms with Crippen molar-refractivity contribution in [3.8, 4) is 5.75 Å². The summed E-state index contributed by atoms with van der Waals surface area (Å²) in [6.07, 6.45) is 0.940. The number of para-hydroxylation sites is 1. The summed E-state index contributed by atoms with van der Waals surface area (Å²) in [7, 11) is 3.70. The number of nitrogens with zero attached hydrogens (tertiary/aromatic N) is 6. The molecule has 1 aromatic carbocycles. The van der Waals surface area contributed by atoms with E-state index in [4.69, 9.17) is 14.5 Å². The van der Waals surface area contributed by atoms with E-state index in [0.717, 1.165) is 75.7 Å². The van der Waals surface area contributed by atoms with Crippen LogP contribution in [0, 0.1) is 6.92 Å². The third-order valence-corrected chi connectivity index (χ3v) is 5.45. The number of ether oxygens (including phenoxy) is 2. The maximum atomic E-state index is 5.84. The highest BCUT2D eigenvalue weighted by Crippen LogP contribution is 2.09. The van der Waals surface area contributed by atoms with Crippen LogP contribution in [0.15, 0.2) is 35.3 Å². The van der Waals surface area contributed by atoms with Gasteiger partial charge >= 0.3 is 0 Å². The van der Waals surface area contributed by atoms with Gasteiger partial charge in [-0.3, -0.25) is 4.90 Å². The van der Waals surface area contributed by atoms with Crippen molar-refractivity contribution in [1.82, 2.24) is 29.9 Å². The van der Waals surface area contributed by atoms with Crippen LogP contribution in [0.1, 0.15) is 18.1 Å². The second-order valence-electron chi connectivity index (χ2n) is 7.63. The molecule has 9 heteroatoms. The third kappa shape index (κ3) is 7.22. The molecule has 2 aromatic rings. The van der Waals surface area contributed by atoms with E-state index >= 15 is 0 Å². The molecule has 0 spiro atoms. The summed E-state index contributed by atoms with van der Waals surface area (Å²) in [6.45, 7) is 9.48. The number of hydrogen-bond donors (Lipinski definition) is 1. The Hall–Kier alpha value is -2.65. The van der Waals surface area contributed by atoms with Crippen LogP contribution in [-0.4, -0.2) is 90.1 Å². The van der Waals surface area contributed by atoms with Crippen LogP contribution in [0.4, 0.5) is 0 Å². The van der Waals surface area contributed by atoms with Crippen LogP contribution >= 0.6 is 0 Å². The van der Waals surface area contributed by atoms with Crippen molar-refractivity contribution in [3.63, 3.8) is 0 Å². The third-order valence-electron chi connectivity index (χ3n) is 5.45. The molecule has 1 fully saturated rings. The van der Waals surface area contributed by atoms with Gasteiger partial charge < -0.3 is 24.3 Å². The fourth-order valence-corrected chi connectivity index (χ4v) is 3.41. The fourth-order valence-electron chi connectivity index (χ4n) is 3.41. The molecular formula is C22H35N7O2. The van der Waals surface area contributed by atoms with Gasteiger partial charge in [-0.1, -0.05) is 18.2 Å². The number of methoxy groups -OCH3 is 1. The van der Waals surface area contributed by atoms with Gasteiger partial charge in [0.1, 0.15) is 24.7 Å². The predicted octanol–water partition coefficient (Wildman–Crippen LogP) is 1.30. The first kappa shape index (κ1) is 23.0. The first-order valence-electron chi connectivity index (χ1n) is 10.9. The molecule has 3 rings (SSSR count). The van der Waals surface area contributed by atoms with Gasteiger partial charge in [-0.2, -0.15) is 0 Å². The van der Waals surface area contributed by atoms with Crippen molar-refractivity contribution in [2.24, 2.45) is 12.0 Å². The minimum atomic E-state index is 0.509. The van der Waals surface area contributed by atoms with Crippen LogP contribution in [0.2, 0.25) is 0 Å². The average molecular weight is 430 g/mol. The van der Waals surface area contributed by atoms with E-state index in [-0.39, 0.29) is 0 Å². The number of hydrogen-bond acceptors (Lipinski definition) is 6. The fraction of sp³-hybridized carbons (Fsp3) is 0.591. The smallest absolute Gasteiger partial charge is 0.194 e. The molecule has 0 unspecified atom stereocenters. The zero-order valence-corrected chi connectivity index (χ0v) is 19.0. The maximum Gasteiger partial charge on any atom is 0.194 e. The molecule has 0 bridgehead atoms. The van der Waals surface area contributed by atoms with Crippen LogP contribution in [0.25, 0.3) is 0 Å². The number of piperazine rings is 1. The van der Waals surface area contributed by atoms with Gasteiger partial charge in [0.05, 0.1) is 0 Å². The highest BCUT2D eigenvalue weighted by atomic mass is 16.5. The van der Waals surface area contributed by atoms with Gasteiger partial charge in [0.2, 0.25) is 0 Å².